The summed E-state index contributed by atoms with van der Waals surface area (Å²) in [5, 5.41) is 6.44. The van der Waals surface area contributed by atoms with Crippen LogP contribution in [-0.4, -0.2) is 58.2 Å². The van der Waals surface area contributed by atoms with Gasteiger partial charge in [0.2, 0.25) is 5.82 Å². The number of halogens is 1. The molecule has 9 heteroatoms. The van der Waals surface area contributed by atoms with E-state index in [9.17, 15) is 9.18 Å². The second kappa shape index (κ2) is 8.25. The van der Waals surface area contributed by atoms with Crippen molar-refractivity contribution in [2.24, 2.45) is 5.92 Å². The van der Waals surface area contributed by atoms with E-state index in [-0.39, 0.29) is 29.8 Å². The molecule has 0 N–H and O–H groups in total. The number of piperidine rings is 1. The fraction of sp³-hybridized carbons (Fsp3) is 0.381. The highest BCUT2D eigenvalue weighted by atomic mass is 32.1. The Balaban J connectivity index is 1.44. The van der Waals surface area contributed by atoms with Crippen LogP contribution in [-0.2, 0) is 9.47 Å². The minimum Gasteiger partial charge on any atom is -0.350 e. The summed E-state index contributed by atoms with van der Waals surface area (Å²) in [6.07, 6.45) is 1.61. The molecule has 7 nitrogen and oxygen atoms in total. The third-order valence-corrected chi connectivity index (χ3v) is 6.25. The first kappa shape index (κ1) is 19.3. The Morgan fingerprint density at radius 2 is 1.97 bits per heavy atom. The SMILES string of the molecule is O=C(c1nc(-c2cccs2)n(-c2ccc(F)cc2)n1)N1CCCC(C2OCCO2)C1. The highest BCUT2D eigenvalue weighted by Gasteiger charge is 2.34. The Hall–Kier alpha value is -2.62. The van der Waals surface area contributed by atoms with Crippen LogP contribution in [0.3, 0.4) is 0 Å². The largest absolute Gasteiger partial charge is 0.350 e. The van der Waals surface area contributed by atoms with Crippen LogP contribution in [0.4, 0.5) is 4.39 Å². The quantitative estimate of drug-likeness (QED) is 0.637. The van der Waals surface area contributed by atoms with Gasteiger partial charge in [0.05, 0.1) is 23.8 Å². The van der Waals surface area contributed by atoms with Gasteiger partial charge in [-0.25, -0.2) is 14.1 Å². The zero-order valence-electron chi connectivity index (χ0n) is 16.2. The number of nitrogens with zero attached hydrogens (tertiary/aromatic N) is 4. The van der Waals surface area contributed by atoms with Gasteiger partial charge in [0.15, 0.2) is 12.1 Å². The second-order valence-electron chi connectivity index (χ2n) is 7.39. The number of rotatable bonds is 4. The van der Waals surface area contributed by atoms with Crippen molar-refractivity contribution in [2.75, 3.05) is 26.3 Å². The molecule has 1 atom stereocenters. The molecule has 2 saturated heterocycles. The van der Waals surface area contributed by atoms with Crippen molar-refractivity contribution < 1.29 is 18.7 Å². The molecule has 2 aliphatic heterocycles. The minimum absolute atomic E-state index is 0.136. The first-order valence-electron chi connectivity index (χ1n) is 9.98. The Bertz CT molecular complexity index is 1020. The first-order chi connectivity index (χ1) is 14.7. The zero-order valence-corrected chi connectivity index (χ0v) is 17.1. The molecule has 5 rings (SSSR count). The maximum Gasteiger partial charge on any atom is 0.293 e. The third-order valence-electron chi connectivity index (χ3n) is 5.39. The molecule has 30 heavy (non-hydrogen) atoms. The van der Waals surface area contributed by atoms with Gasteiger partial charge in [-0.2, -0.15) is 0 Å². The number of thiophene rings is 1. The van der Waals surface area contributed by atoms with Crippen LogP contribution in [0.1, 0.15) is 23.5 Å². The van der Waals surface area contributed by atoms with Gasteiger partial charge in [0.1, 0.15) is 5.82 Å². The van der Waals surface area contributed by atoms with Gasteiger partial charge in [0.25, 0.3) is 5.91 Å². The van der Waals surface area contributed by atoms with Crippen molar-refractivity contribution in [3.63, 3.8) is 0 Å². The van der Waals surface area contributed by atoms with Crippen LogP contribution in [0.15, 0.2) is 41.8 Å². The highest BCUT2D eigenvalue weighted by molar-refractivity contribution is 7.13. The van der Waals surface area contributed by atoms with Gasteiger partial charge in [0, 0.05) is 19.0 Å². The number of ether oxygens (including phenoxy) is 2. The van der Waals surface area contributed by atoms with Crippen LogP contribution in [0.25, 0.3) is 16.4 Å². The van der Waals surface area contributed by atoms with Crippen LogP contribution in [0.2, 0.25) is 0 Å². The molecule has 1 amide bonds. The van der Waals surface area contributed by atoms with Gasteiger partial charge < -0.3 is 14.4 Å². The van der Waals surface area contributed by atoms with E-state index in [1.165, 1.54) is 23.5 Å². The topological polar surface area (TPSA) is 69.5 Å². The molecule has 0 aliphatic carbocycles. The molecular formula is C21H21FN4O3S. The summed E-state index contributed by atoms with van der Waals surface area (Å²) in [5.41, 5.74) is 0.649. The molecular weight excluding hydrogens is 407 g/mol. The molecule has 0 saturated carbocycles. The van der Waals surface area contributed by atoms with Crippen molar-refractivity contribution in [2.45, 2.75) is 19.1 Å². The monoisotopic (exact) mass is 428 g/mol. The minimum atomic E-state index is -0.330. The normalized spacial score (nSPS) is 20.0. The molecule has 0 spiro atoms. The molecule has 3 aromatic rings. The molecule has 156 valence electrons. The fourth-order valence-electron chi connectivity index (χ4n) is 3.94. The first-order valence-corrected chi connectivity index (χ1v) is 10.9. The molecule has 4 heterocycles. The standard InChI is InChI=1S/C21H21FN4O3S/c22-15-5-7-16(8-6-15)26-19(17-4-2-12-30-17)23-18(24-26)20(27)25-9-1-3-14(13-25)21-28-10-11-29-21/h2,4-8,12,14,21H,1,3,9-11,13H2. The number of hydrogen-bond donors (Lipinski definition) is 0. The van der Waals surface area contributed by atoms with E-state index in [4.69, 9.17) is 9.47 Å². The maximum absolute atomic E-state index is 13.4. The Labute approximate surface area is 177 Å². The highest BCUT2D eigenvalue weighted by Crippen LogP contribution is 2.28. The lowest BCUT2D eigenvalue weighted by molar-refractivity contribution is -0.0969. The summed E-state index contributed by atoms with van der Waals surface area (Å²) in [6.45, 7) is 2.41. The van der Waals surface area contributed by atoms with Crippen molar-refractivity contribution >= 4 is 17.2 Å². The van der Waals surface area contributed by atoms with E-state index >= 15 is 0 Å². The smallest absolute Gasteiger partial charge is 0.293 e. The summed E-state index contributed by atoms with van der Waals surface area (Å²) in [4.78, 5) is 20.5. The van der Waals surface area contributed by atoms with Crippen molar-refractivity contribution in [1.82, 2.24) is 19.7 Å². The molecule has 0 bridgehead atoms. The zero-order chi connectivity index (χ0) is 20.5. The van der Waals surface area contributed by atoms with Crippen LogP contribution in [0.5, 0.6) is 0 Å². The summed E-state index contributed by atoms with van der Waals surface area (Å²) >= 11 is 1.51. The van der Waals surface area contributed by atoms with E-state index in [0.717, 1.165) is 17.7 Å². The average Bonchev–Trinajstić information content (AvgIpc) is 3.55. The summed E-state index contributed by atoms with van der Waals surface area (Å²) < 4.78 is 26.3. The van der Waals surface area contributed by atoms with E-state index in [1.54, 1.807) is 21.7 Å². The van der Waals surface area contributed by atoms with Gasteiger partial charge in [-0.3, -0.25) is 4.79 Å². The lowest BCUT2D eigenvalue weighted by Gasteiger charge is -2.34. The fourth-order valence-corrected chi connectivity index (χ4v) is 4.64. The van der Waals surface area contributed by atoms with Crippen LogP contribution in [0, 0.1) is 11.7 Å². The Morgan fingerprint density at radius 1 is 1.17 bits per heavy atom. The number of benzene rings is 1. The average molecular weight is 428 g/mol. The number of hydrogen-bond acceptors (Lipinski definition) is 6. The summed E-state index contributed by atoms with van der Waals surface area (Å²) in [5.74, 6) is 0.314. The molecule has 2 fully saturated rings. The van der Waals surface area contributed by atoms with Crippen molar-refractivity contribution in [1.29, 1.82) is 0 Å². The van der Waals surface area contributed by atoms with Gasteiger partial charge >= 0.3 is 0 Å². The van der Waals surface area contributed by atoms with E-state index in [1.807, 2.05) is 17.5 Å². The van der Waals surface area contributed by atoms with Crippen LogP contribution < -0.4 is 0 Å². The van der Waals surface area contributed by atoms with Gasteiger partial charge in [-0.1, -0.05) is 6.07 Å². The van der Waals surface area contributed by atoms with E-state index in [0.29, 0.717) is 37.8 Å². The second-order valence-corrected chi connectivity index (χ2v) is 8.34. The molecule has 2 aromatic heterocycles. The molecule has 1 unspecified atom stereocenters. The summed E-state index contributed by atoms with van der Waals surface area (Å²) in [6, 6.07) is 9.83. The lowest BCUT2D eigenvalue weighted by atomic mass is 9.97. The number of amides is 1. The molecule has 2 aliphatic rings. The predicted molar refractivity (Wildman–Crippen MR) is 109 cm³/mol. The van der Waals surface area contributed by atoms with Crippen molar-refractivity contribution in [3.8, 4) is 16.4 Å². The number of carbonyl (C=O) groups is 1. The molecule has 1 aromatic carbocycles. The summed E-state index contributed by atoms with van der Waals surface area (Å²) in [7, 11) is 0. The number of likely N-dealkylation sites (tertiary alicyclic amines) is 1. The number of carbonyl (C=O) groups excluding carboxylic acids is 1. The number of aromatic nitrogens is 3. The van der Waals surface area contributed by atoms with Crippen LogP contribution >= 0.6 is 11.3 Å². The van der Waals surface area contributed by atoms with Crippen molar-refractivity contribution in [3.05, 3.63) is 53.4 Å². The molecule has 0 radical (unpaired) electrons. The van der Waals surface area contributed by atoms with Gasteiger partial charge in [-0.05, 0) is 48.6 Å². The lowest BCUT2D eigenvalue weighted by Crippen LogP contribution is -2.44. The Kier molecular flexibility index (Phi) is 5.32. The van der Waals surface area contributed by atoms with E-state index < -0.39 is 0 Å². The Morgan fingerprint density at radius 3 is 2.70 bits per heavy atom. The third kappa shape index (κ3) is 3.76. The van der Waals surface area contributed by atoms with Gasteiger partial charge in [-0.15, -0.1) is 16.4 Å². The maximum atomic E-state index is 13.4. The van der Waals surface area contributed by atoms with E-state index in [2.05, 4.69) is 10.1 Å². The predicted octanol–water partition coefficient (Wildman–Crippen LogP) is 3.36.